The average Bonchev–Trinajstić information content (AvgIpc) is 2.41. The Labute approximate surface area is 110 Å². The van der Waals surface area contributed by atoms with Crippen LogP contribution in [0.15, 0.2) is 42.5 Å². The molecule has 2 aromatic rings. The summed E-state index contributed by atoms with van der Waals surface area (Å²) in [6.07, 6.45) is 0. The molecule has 0 aliphatic rings. The second-order valence-electron chi connectivity index (χ2n) is 4.23. The summed E-state index contributed by atoms with van der Waals surface area (Å²) in [5.74, 6) is -0.858. The predicted octanol–water partition coefficient (Wildman–Crippen LogP) is 3.47. The number of rotatable bonds is 3. The van der Waals surface area contributed by atoms with E-state index in [4.69, 9.17) is 5.26 Å². The van der Waals surface area contributed by atoms with E-state index in [1.807, 2.05) is 0 Å². The van der Waals surface area contributed by atoms with E-state index in [9.17, 15) is 8.78 Å². The van der Waals surface area contributed by atoms with Crippen LogP contribution in [0.1, 0.15) is 11.1 Å². The molecule has 2 aromatic carbocycles. The molecule has 4 heteroatoms. The molecule has 0 aliphatic carbocycles. The third-order valence-electron chi connectivity index (χ3n) is 2.86. The second kappa shape index (κ2) is 5.49. The summed E-state index contributed by atoms with van der Waals surface area (Å²) in [7, 11) is 1.74. The largest absolute Gasteiger partial charge is 0.370 e. The molecule has 0 radical (unpaired) electrons. The van der Waals surface area contributed by atoms with E-state index in [-0.39, 0.29) is 17.9 Å². The molecule has 0 saturated carbocycles. The maximum Gasteiger partial charge on any atom is 0.145 e. The number of nitrogens with zero attached hydrogens (tertiary/aromatic N) is 2. The van der Waals surface area contributed by atoms with Gasteiger partial charge in [0.2, 0.25) is 0 Å². The van der Waals surface area contributed by atoms with E-state index >= 15 is 0 Å². The first-order valence-electron chi connectivity index (χ1n) is 5.76. The lowest BCUT2D eigenvalue weighted by Crippen LogP contribution is -2.17. The number of nitriles is 1. The quantitative estimate of drug-likeness (QED) is 0.842. The van der Waals surface area contributed by atoms with Crippen LogP contribution in [0.3, 0.4) is 0 Å². The highest BCUT2D eigenvalue weighted by Gasteiger charge is 2.10. The molecular weight excluding hydrogens is 246 g/mol. The van der Waals surface area contributed by atoms with Crippen molar-refractivity contribution in [2.75, 3.05) is 11.9 Å². The molecule has 2 nitrogen and oxygen atoms in total. The Kier molecular flexibility index (Phi) is 3.76. The van der Waals surface area contributed by atoms with Gasteiger partial charge in [0, 0.05) is 24.8 Å². The molecule has 0 heterocycles. The zero-order valence-corrected chi connectivity index (χ0v) is 10.4. The van der Waals surface area contributed by atoms with Gasteiger partial charge in [-0.15, -0.1) is 0 Å². The van der Waals surface area contributed by atoms with Crippen molar-refractivity contribution in [1.82, 2.24) is 0 Å². The summed E-state index contributed by atoms with van der Waals surface area (Å²) in [5.41, 5.74) is 1.08. The van der Waals surface area contributed by atoms with E-state index in [2.05, 4.69) is 0 Å². The van der Waals surface area contributed by atoms with Crippen LogP contribution in [-0.2, 0) is 6.54 Å². The van der Waals surface area contributed by atoms with E-state index < -0.39 is 5.82 Å². The number of hydrogen-bond donors (Lipinski definition) is 0. The number of hydrogen-bond acceptors (Lipinski definition) is 2. The molecule has 0 unspecified atom stereocenters. The van der Waals surface area contributed by atoms with Gasteiger partial charge in [0.25, 0.3) is 0 Å². The van der Waals surface area contributed by atoms with Crippen LogP contribution >= 0.6 is 0 Å². The predicted molar refractivity (Wildman–Crippen MR) is 69.6 cm³/mol. The van der Waals surface area contributed by atoms with Gasteiger partial charge in [0.15, 0.2) is 0 Å². The summed E-state index contributed by atoms with van der Waals surface area (Å²) >= 11 is 0. The molecule has 0 atom stereocenters. The van der Waals surface area contributed by atoms with Gasteiger partial charge in [-0.05, 0) is 24.3 Å². The fourth-order valence-electron chi connectivity index (χ4n) is 1.85. The van der Waals surface area contributed by atoms with Crippen molar-refractivity contribution in [3.05, 3.63) is 65.2 Å². The van der Waals surface area contributed by atoms with E-state index in [1.54, 1.807) is 42.3 Å². The minimum atomic E-state index is -0.520. The number of anilines is 1. The molecule has 0 saturated heterocycles. The third kappa shape index (κ3) is 2.89. The molecule has 0 aliphatic heterocycles. The molecule has 0 fully saturated rings. The van der Waals surface area contributed by atoms with Crippen LogP contribution in [0.25, 0.3) is 0 Å². The molecule has 0 N–H and O–H groups in total. The van der Waals surface area contributed by atoms with Crippen molar-refractivity contribution in [2.24, 2.45) is 0 Å². The van der Waals surface area contributed by atoms with Crippen LogP contribution in [0.4, 0.5) is 14.5 Å². The lowest BCUT2D eigenvalue weighted by Gasteiger charge is -2.20. The smallest absolute Gasteiger partial charge is 0.145 e. The van der Waals surface area contributed by atoms with Gasteiger partial charge in [0.05, 0.1) is 5.56 Å². The van der Waals surface area contributed by atoms with Crippen molar-refractivity contribution in [2.45, 2.75) is 6.54 Å². The molecule has 96 valence electrons. The monoisotopic (exact) mass is 258 g/mol. The maximum absolute atomic E-state index is 13.9. The van der Waals surface area contributed by atoms with Crippen LogP contribution in [0.2, 0.25) is 0 Å². The Balaban J connectivity index is 2.25. The third-order valence-corrected chi connectivity index (χ3v) is 2.86. The Morgan fingerprint density at radius 2 is 1.89 bits per heavy atom. The Morgan fingerprint density at radius 3 is 2.58 bits per heavy atom. The van der Waals surface area contributed by atoms with Crippen LogP contribution in [-0.4, -0.2) is 7.05 Å². The fraction of sp³-hybridized carbons (Fsp3) is 0.133. The molecular formula is C15H12F2N2. The summed E-state index contributed by atoms with van der Waals surface area (Å²) in [6.45, 7) is 0.269. The summed E-state index contributed by atoms with van der Waals surface area (Å²) < 4.78 is 27.0. The van der Waals surface area contributed by atoms with E-state index in [0.717, 1.165) is 0 Å². The maximum atomic E-state index is 13.9. The Hall–Kier alpha value is -2.41. The summed E-state index contributed by atoms with van der Waals surface area (Å²) in [6, 6.07) is 12.6. The van der Waals surface area contributed by atoms with Gasteiger partial charge in [-0.1, -0.05) is 18.2 Å². The number of halogens is 2. The van der Waals surface area contributed by atoms with Gasteiger partial charge in [-0.25, -0.2) is 8.78 Å². The highest BCUT2D eigenvalue weighted by atomic mass is 19.1. The first-order chi connectivity index (χ1) is 9.11. The van der Waals surface area contributed by atoms with Crippen LogP contribution in [0.5, 0.6) is 0 Å². The Morgan fingerprint density at radius 1 is 1.16 bits per heavy atom. The lowest BCUT2D eigenvalue weighted by molar-refractivity contribution is 0.603. The molecule has 2 rings (SSSR count). The normalized spacial score (nSPS) is 10.0. The zero-order valence-electron chi connectivity index (χ0n) is 10.4. The lowest BCUT2D eigenvalue weighted by atomic mass is 10.1. The standard InChI is InChI=1S/C15H12F2N2/c1-19(14-7-3-6-13(16)8-14)10-12-5-2-4-11(9-18)15(12)17/h2-8H,10H2,1H3. The zero-order chi connectivity index (χ0) is 13.8. The minimum Gasteiger partial charge on any atom is -0.370 e. The van der Waals surface area contributed by atoms with Gasteiger partial charge in [0.1, 0.15) is 17.7 Å². The summed E-state index contributed by atoms with van der Waals surface area (Å²) in [5, 5.41) is 8.78. The highest BCUT2D eigenvalue weighted by molar-refractivity contribution is 5.47. The Bertz CT molecular complexity index is 632. The highest BCUT2D eigenvalue weighted by Crippen LogP contribution is 2.19. The topological polar surface area (TPSA) is 27.0 Å². The van der Waals surface area contributed by atoms with Crippen molar-refractivity contribution >= 4 is 5.69 Å². The van der Waals surface area contributed by atoms with Crippen LogP contribution in [0, 0.1) is 23.0 Å². The molecule has 0 spiro atoms. The van der Waals surface area contributed by atoms with Crippen molar-refractivity contribution < 1.29 is 8.78 Å². The molecule has 0 bridgehead atoms. The van der Waals surface area contributed by atoms with E-state index in [1.165, 1.54) is 18.2 Å². The van der Waals surface area contributed by atoms with E-state index in [0.29, 0.717) is 11.3 Å². The molecule has 19 heavy (non-hydrogen) atoms. The summed E-state index contributed by atoms with van der Waals surface area (Å²) in [4.78, 5) is 1.72. The van der Waals surface area contributed by atoms with Gasteiger partial charge in [-0.3, -0.25) is 0 Å². The number of benzene rings is 2. The first kappa shape index (κ1) is 13.0. The molecule has 0 amide bonds. The average molecular weight is 258 g/mol. The van der Waals surface area contributed by atoms with Crippen molar-refractivity contribution in [3.63, 3.8) is 0 Å². The first-order valence-corrected chi connectivity index (χ1v) is 5.76. The van der Waals surface area contributed by atoms with Gasteiger partial charge in [-0.2, -0.15) is 5.26 Å². The van der Waals surface area contributed by atoms with Gasteiger partial charge < -0.3 is 4.90 Å². The SMILES string of the molecule is CN(Cc1cccc(C#N)c1F)c1cccc(F)c1. The van der Waals surface area contributed by atoms with Crippen molar-refractivity contribution in [3.8, 4) is 6.07 Å². The minimum absolute atomic E-state index is 0.0187. The van der Waals surface area contributed by atoms with Crippen molar-refractivity contribution in [1.29, 1.82) is 5.26 Å². The second-order valence-corrected chi connectivity index (χ2v) is 4.23. The van der Waals surface area contributed by atoms with Crippen LogP contribution < -0.4 is 4.90 Å². The molecule has 0 aromatic heterocycles. The van der Waals surface area contributed by atoms with Gasteiger partial charge >= 0.3 is 0 Å². The fourth-order valence-corrected chi connectivity index (χ4v) is 1.85.